The number of carbonyl (C=O) groups excluding carboxylic acids is 3. The number of hydrogen-bond acceptors (Lipinski definition) is 5. The number of Topliss-reactive ketones (excluding diaryl/α,β-unsaturated/α-hetero) is 1. The molecule has 3 rings (SSSR count). The number of amides is 2. The first kappa shape index (κ1) is 17.5. The molecule has 0 aliphatic carbocycles. The topological polar surface area (TPSA) is 88.6 Å². The van der Waals surface area contributed by atoms with Crippen LogP contribution >= 0.6 is 0 Å². The van der Waals surface area contributed by atoms with Gasteiger partial charge in [0.1, 0.15) is 23.4 Å². The number of ketones is 1. The minimum absolute atomic E-state index is 0.168. The number of hydrogen-bond donors (Lipinski definition) is 1. The molecule has 1 aliphatic rings. The second-order valence-electron chi connectivity index (χ2n) is 5.82. The van der Waals surface area contributed by atoms with Crippen molar-refractivity contribution in [1.29, 1.82) is 0 Å². The lowest BCUT2D eigenvalue weighted by atomic mass is 10.1. The predicted octanol–water partition coefficient (Wildman–Crippen LogP) is 2.18. The Morgan fingerprint density at radius 1 is 1.31 bits per heavy atom. The third kappa shape index (κ3) is 3.39. The van der Waals surface area contributed by atoms with Gasteiger partial charge in [-0.05, 0) is 44.2 Å². The van der Waals surface area contributed by atoms with Crippen molar-refractivity contribution in [2.75, 3.05) is 16.8 Å². The van der Waals surface area contributed by atoms with Crippen LogP contribution in [-0.4, -0.2) is 35.2 Å². The predicted molar refractivity (Wildman–Crippen MR) is 91.7 cm³/mol. The van der Waals surface area contributed by atoms with Crippen molar-refractivity contribution in [2.24, 2.45) is 0 Å². The summed E-state index contributed by atoms with van der Waals surface area (Å²) < 4.78 is 18.3. The van der Waals surface area contributed by atoms with Crippen LogP contribution < -0.4 is 15.0 Å². The number of aromatic nitrogens is 1. The molecule has 1 aromatic carbocycles. The van der Waals surface area contributed by atoms with Gasteiger partial charge >= 0.3 is 0 Å². The van der Waals surface area contributed by atoms with E-state index in [-0.39, 0.29) is 18.2 Å². The fraction of sp³-hybridized carbons (Fsp3) is 0.222. The Morgan fingerprint density at radius 2 is 2.08 bits per heavy atom. The molecule has 2 heterocycles. The molecule has 0 fully saturated rings. The van der Waals surface area contributed by atoms with Crippen molar-refractivity contribution in [3.8, 4) is 5.75 Å². The van der Waals surface area contributed by atoms with Gasteiger partial charge in [0.2, 0.25) is 5.91 Å². The summed E-state index contributed by atoms with van der Waals surface area (Å²) in [6, 6.07) is 6.32. The van der Waals surface area contributed by atoms with E-state index in [9.17, 15) is 18.8 Å². The highest BCUT2D eigenvalue weighted by Gasteiger charge is 2.33. The molecule has 2 aromatic rings. The van der Waals surface area contributed by atoms with Crippen LogP contribution in [0.3, 0.4) is 0 Å². The quantitative estimate of drug-likeness (QED) is 0.847. The fourth-order valence-electron chi connectivity index (χ4n) is 2.61. The summed E-state index contributed by atoms with van der Waals surface area (Å²) in [5.74, 6) is -1.02. The molecule has 0 radical (unpaired) electrons. The zero-order valence-electron chi connectivity index (χ0n) is 14.2. The highest BCUT2D eigenvalue weighted by atomic mass is 19.1. The summed E-state index contributed by atoms with van der Waals surface area (Å²) in [5.41, 5.74) is 0.753. The zero-order valence-corrected chi connectivity index (χ0v) is 14.2. The highest BCUT2D eigenvalue weighted by molar-refractivity contribution is 6.07. The van der Waals surface area contributed by atoms with Gasteiger partial charge in [-0.15, -0.1) is 0 Å². The Labute approximate surface area is 148 Å². The minimum Gasteiger partial charge on any atom is -0.482 e. The molecule has 134 valence electrons. The first-order chi connectivity index (χ1) is 12.4. The van der Waals surface area contributed by atoms with E-state index in [2.05, 4.69) is 10.3 Å². The van der Waals surface area contributed by atoms with Crippen LogP contribution in [0.25, 0.3) is 0 Å². The Kier molecular flexibility index (Phi) is 4.66. The van der Waals surface area contributed by atoms with Gasteiger partial charge in [0, 0.05) is 5.56 Å². The molecule has 0 bridgehead atoms. The summed E-state index contributed by atoms with van der Waals surface area (Å²) in [5, 5.41) is 2.54. The van der Waals surface area contributed by atoms with Crippen molar-refractivity contribution >= 4 is 29.1 Å². The minimum atomic E-state index is -0.890. The summed E-state index contributed by atoms with van der Waals surface area (Å²) in [6.45, 7) is 2.75. The smallest absolute Gasteiger partial charge is 0.265 e. The normalized spacial score (nSPS) is 14.3. The molecule has 7 nitrogen and oxygen atoms in total. The van der Waals surface area contributed by atoms with Crippen molar-refractivity contribution in [3.05, 3.63) is 47.9 Å². The summed E-state index contributed by atoms with van der Waals surface area (Å²) in [6.07, 6.45) is 0.981. The lowest BCUT2D eigenvalue weighted by Gasteiger charge is -2.33. The van der Waals surface area contributed by atoms with Crippen LogP contribution in [0.2, 0.25) is 0 Å². The number of carbonyl (C=O) groups is 3. The Hall–Kier alpha value is -3.29. The SMILES string of the molecule is CC(=O)c1ccc2c(c1)N(C(C)C(=O)Nc1ccc(F)cn1)C(=O)CO2. The van der Waals surface area contributed by atoms with Gasteiger partial charge in [-0.25, -0.2) is 9.37 Å². The van der Waals surface area contributed by atoms with E-state index in [0.29, 0.717) is 17.0 Å². The van der Waals surface area contributed by atoms with Crippen LogP contribution in [0.1, 0.15) is 24.2 Å². The van der Waals surface area contributed by atoms with Gasteiger partial charge < -0.3 is 10.1 Å². The maximum absolute atomic E-state index is 12.9. The number of halogens is 1. The number of ether oxygens (including phenoxy) is 1. The van der Waals surface area contributed by atoms with Gasteiger partial charge in [0.05, 0.1) is 11.9 Å². The van der Waals surface area contributed by atoms with Crippen LogP contribution in [0, 0.1) is 5.82 Å². The van der Waals surface area contributed by atoms with E-state index >= 15 is 0 Å². The Balaban J connectivity index is 1.88. The first-order valence-corrected chi connectivity index (χ1v) is 7.89. The van der Waals surface area contributed by atoms with Crippen LogP contribution in [0.15, 0.2) is 36.5 Å². The van der Waals surface area contributed by atoms with Gasteiger partial charge in [0.25, 0.3) is 5.91 Å². The Morgan fingerprint density at radius 3 is 2.73 bits per heavy atom. The lowest BCUT2D eigenvalue weighted by Crippen LogP contribution is -2.49. The summed E-state index contributed by atoms with van der Waals surface area (Å²) in [4.78, 5) is 41.6. The molecule has 26 heavy (non-hydrogen) atoms. The monoisotopic (exact) mass is 357 g/mol. The van der Waals surface area contributed by atoms with Gasteiger partial charge in [-0.3, -0.25) is 19.3 Å². The largest absolute Gasteiger partial charge is 0.482 e. The third-order valence-corrected chi connectivity index (χ3v) is 3.99. The number of nitrogens with one attached hydrogen (secondary N) is 1. The second-order valence-corrected chi connectivity index (χ2v) is 5.82. The van der Waals surface area contributed by atoms with E-state index in [1.54, 1.807) is 19.1 Å². The van der Waals surface area contributed by atoms with Gasteiger partial charge in [-0.2, -0.15) is 0 Å². The molecule has 2 amide bonds. The first-order valence-electron chi connectivity index (χ1n) is 7.89. The van der Waals surface area contributed by atoms with Gasteiger partial charge in [-0.1, -0.05) is 0 Å². The van der Waals surface area contributed by atoms with Gasteiger partial charge in [0.15, 0.2) is 12.4 Å². The molecule has 8 heteroatoms. The Bertz CT molecular complexity index is 883. The van der Waals surface area contributed by atoms with Crippen LogP contribution in [0.5, 0.6) is 5.75 Å². The van der Waals surface area contributed by atoms with Crippen molar-refractivity contribution in [1.82, 2.24) is 4.98 Å². The number of rotatable bonds is 4. The lowest BCUT2D eigenvalue weighted by molar-refractivity contribution is -0.125. The molecule has 0 saturated heterocycles. The van der Waals surface area contributed by atoms with E-state index < -0.39 is 23.7 Å². The fourth-order valence-corrected chi connectivity index (χ4v) is 2.61. The second kappa shape index (κ2) is 6.91. The van der Waals surface area contributed by atoms with E-state index in [0.717, 1.165) is 6.20 Å². The average Bonchev–Trinajstić information content (AvgIpc) is 2.62. The van der Waals surface area contributed by atoms with Crippen LogP contribution in [-0.2, 0) is 9.59 Å². The van der Waals surface area contributed by atoms with Crippen molar-refractivity contribution < 1.29 is 23.5 Å². The standard InChI is InChI=1S/C18H16FN3O4/c1-10(18(25)21-16-6-4-13(19)8-20-16)22-14-7-12(11(2)23)3-5-15(14)26-9-17(22)24/h3-8,10H,9H2,1-2H3,(H,20,21,25). The molecule has 1 aliphatic heterocycles. The van der Waals surface area contributed by atoms with E-state index in [1.165, 1.54) is 30.0 Å². The van der Waals surface area contributed by atoms with Crippen molar-refractivity contribution in [3.63, 3.8) is 0 Å². The zero-order chi connectivity index (χ0) is 18.8. The molecule has 0 saturated carbocycles. The molecule has 1 aromatic heterocycles. The average molecular weight is 357 g/mol. The van der Waals surface area contributed by atoms with Crippen LogP contribution in [0.4, 0.5) is 15.9 Å². The maximum Gasteiger partial charge on any atom is 0.265 e. The molecule has 1 N–H and O–H groups in total. The number of pyridine rings is 1. The molecular formula is C18H16FN3O4. The van der Waals surface area contributed by atoms with E-state index in [1.807, 2.05) is 0 Å². The number of nitrogens with zero attached hydrogens (tertiary/aromatic N) is 2. The molecule has 1 atom stereocenters. The molecular weight excluding hydrogens is 341 g/mol. The summed E-state index contributed by atoms with van der Waals surface area (Å²) in [7, 11) is 0. The molecule has 1 unspecified atom stereocenters. The highest BCUT2D eigenvalue weighted by Crippen LogP contribution is 2.34. The van der Waals surface area contributed by atoms with E-state index in [4.69, 9.17) is 4.74 Å². The maximum atomic E-state index is 12.9. The van der Waals surface area contributed by atoms with Crippen molar-refractivity contribution in [2.45, 2.75) is 19.9 Å². The number of anilines is 2. The number of benzene rings is 1. The summed E-state index contributed by atoms with van der Waals surface area (Å²) >= 11 is 0. The third-order valence-electron chi connectivity index (χ3n) is 3.99. The molecule has 0 spiro atoms. The number of fused-ring (bicyclic) bond motifs is 1.